The summed E-state index contributed by atoms with van der Waals surface area (Å²) in [5, 5.41) is 6.48. The molecule has 0 radical (unpaired) electrons. The molecular formula is C40H49FN4O4. The number of rotatable bonds is 11. The van der Waals surface area contributed by atoms with Crippen LogP contribution in [0.4, 0.5) is 14.9 Å². The highest BCUT2D eigenvalue weighted by molar-refractivity contribution is 5.95. The predicted molar refractivity (Wildman–Crippen MR) is 189 cm³/mol. The third-order valence-corrected chi connectivity index (χ3v) is 11.3. The first kappa shape index (κ1) is 33.4. The van der Waals surface area contributed by atoms with Crippen LogP contribution in [0.3, 0.4) is 0 Å². The molecule has 0 atom stereocenters. The normalized spacial score (nSPS) is 24.6. The zero-order chi connectivity index (χ0) is 34.0. The van der Waals surface area contributed by atoms with E-state index in [0.29, 0.717) is 53.3 Å². The lowest BCUT2D eigenvalue weighted by atomic mass is 9.53. The summed E-state index contributed by atoms with van der Waals surface area (Å²) in [5.74, 6) is 4.48. The Bertz CT molecular complexity index is 1580. The summed E-state index contributed by atoms with van der Waals surface area (Å²) >= 11 is 0. The number of piperazine rings is 1. The number of carbonyl (C=O) groups excluding carboxylic acids is 2. The zero-order valence-corrected chi connectivity index (χ0v) is 28.8. The molecule has 260 valence electrons. The molecule has 9 heteroatoms. The molecule has 4 saturated carbocycles. The SMILES string of the molecule is CCC(CC)CN1CCN(C(=O)Nc2cc(Oc3ccc(F)cc3)cc(Oc3ccc(C(=O)NC45CC6CC(CC(C6)C4)C5)cc3)c2)CC1. The van der Waals surface area contributed by atoms with Crippen LogP contribution in [0.2, 0.25) is 0 Å². The Morgan fingerprint density at radius 3 is 1.84 bits per heavy atom. The molecule has 3 amide bonds. The van der Waals surface area contributed by atoms with Gasteiger partial charge in [0.05, 0.1) is 0 Å². The van der Waals surface area contributed by atoms with E-state index in [1.807, 2.05) is 4.90 Å². The molecule has 4 aliphatic carbocycles. The van der Waals surface area contributed by atoms with E-state index < -0.39 is 0 Å². The number of nitrogens with zero attached hydrogens (tertiary/aromatic N) is 2. The maximum Gasteiger partial charge on any atom is 0.321 e. The first-order valence-electron chi connectivity index (χ1n) is 18.2. The van der Waals surface area contributed by atoms with Crippen molar-refractivity contribution >= 4 is 17.6 Å². The topological polar surface area (TPSA) is 83.1 Å². The second-order valence-corrected chi connectivity index (χ2v) is 14.9. The van der Waals surface area contributed by atoms with Crippen molar-refractivity contribution < 1.29 is 23.5 Å². The van der Waals surface area contributed by atoms with Crippen LogP contribution >= 0.6 is 0 Å². The lowest BCUT2D eigenvalue weighted by Crippen LogP contribution is -2.59. The van der Waals surface area contributed by atoms with Crippen LogP contribution in [-0.2, 0) is 0 Å². The van der Waals surface area contributed by atoms with Gasteiger partial charge >= 0.3 is 6.03 Å². The van der Waals surface area contributed by atoms with Crippen molar-refractivity contribution in [2.75, 3.05) is 38.0 Å². The average Bonchev–Trinajstić information content (AvgIpc) is 3.08. The van der Waals surface area contributed by atoms with E-state index in [4.69, 9.17) is 9.47 Å². The van der Waals surface area contributed by atoms with Crippen LogP contribution in [0, 0.1) is 29.5 Å². The van der Waals surface area contributed by atoms with Gasteiger partial charge in [0.25, 0.3) is 5.91 Å². The maximum atomic E-state index is 13.6. The van der Waals surface area contributed by atoms with Crippen molar-refractivity contribution in [2.45, 2.75) is 70.8 Å². The van der Waals surface area contributed by atoms with E-state index in [1.54, 1.807) is 54.6 Å². The highest BCUT2D eigenvalue weighted by Gasteiger charge is 2.51. The van der Waals surface area contributed by atoms with Gasteiger partial charge in [-0.05, 0) is 111 Å². The highest BCUT2D eigenvalue weighted by Crippen LogP contribution is 2.55. The van der Waals surface area contributed by atoms with Gasteiger partial charge in [-0.25, -0.2) is 9.18 Å². The van der Waals surface area contributed by atoms with E-state index in [1.165, 1.54) is 44.2 Å². The summed E-state index contributed by atoms with van der Waals surface area (Å²) in [4.78, 5) is 31.0. The quantitative estimate of drug-likeness (QED) is 0.214. The second-order valence-electron chi connectivity index (χ2n) is 14.9. The third-order valence-electron chi connectivity index (χ3n) is 11.3. The van der Waals surface area contributed by atoms with E-state index in [2.05, 4.69) is 29.4 Å². The number of ether oxygens (including phenoxy) is 2. The Balaban J connectivity index is 1.02. The van der Waals surface area contributed by atoms with E-state index in [9.17, 15) is 14.0 Å². The number of hydrogen-bond acceptors (Lipinski definition) is 5. The Kier molecular flexibility index (Phi) is 9.81. The molecule has 1 heterocycles. The molecule has 8 nitrogen and oxygen atoms in total. The minimum absolute atomic E-state index is 0.0235. The number of hydrogen-bond donors (Lipinski definition) is 2. The molecule has 1 aliphatic heterocycles. The molecule has 5 aliphatic rings. The van der Waals surface area contributed by atoms with Crippen LogP contribution in [0.1, 0.15) is 75.6 Å². The van der Waals surface area contributed by atoms with Crippen molar-refractivity contribution in [1.29, 1.82) is 0 Å². The number of nitrogens with one attached hydrogen (secondary N) is 2. The van der Waals surface area contributed by atoms with Crippen molar-refractivity contribution in [3.8, 4) is 23.0 Å². The minimum atomic E-state index is -0.354. The minimum Gasteiger partial charge on any atom is -0.457 e. The zero-order valence-electron chi connectivity index (χ0n) is 28.8. The molecule has 49 heavy (non-hydrogen) atoms. The molecule has 5 fully saturated rings. The molecule has 0 aromatic heterocycles. The largest absolute Gasteiger partial charge is 0.457 e. The second kappa shape index (κ2) is 14.4. The molecule has 1 saturated heterocycles. The van der Waals surface area contributed by atoms with Gasteiger partial charge in [-0.1, -0.05) is 26.7 Å². The monoisotopic (exact) mass is 668 g/mol. The summed E-state index contributed by atoms with van der Waals surface area (Å²) in [6.07, 6.45) is 9.65. The van der Waals surface area contributed by atoms with Crippen molar-refractivity contribution in [3.63, 3.8) is 0 Å². The third kappa shape index (κ3) is 8.04. The summed E-state index contributed by atoms with van der Waals surface area (Å²) in [7, 11) is 0. The van der Waals surface area contributed by atoms with Crippen LogP contribution in [0.25, 0.3) is 0 Å². The van der Waals surface area contributed by atoms with Gasteiger partial charge in [0, 0.05) is 67.7 Å². The van der Waals surface area contributed by atoms with Crippen LogP contribution in [-0.4, -0.2) is 60.0 Å². The first-order valence-corrected chi connectivity index (χ1v) is 18.2. The summed E-state index contributed by atoms with van der Waals surface area (Å²) in [5.41, 5.74) is 1.09. The summed E-state index contributed by atoms with van der Waals surface area (Å²) < 4.78 is 25.8. The van der Waals surface area contributed by atoms with E-state index >= 15 is 0 Å². The van der Waals surface area contributed by atoms with Gasteiger partial charge in [0.15, 0.2) is 0 Å². The standard InChI is InChI=1S/C40H49FN4O4/c1-3-27(4-2)26-44-13-15-45(16-14-44)39(47)42-33-20-36(22-37(21-33)49-35-11-7-32(41)8-12-35)48-34-9-5-31(6-10-34)38(46)43-40-23-28-17-29(24-40)19-30(18-28)25-40/h5-12,20-22,27-30H,3-4,13-19,23-26H2,1-2H3,(H,42,47)(H,43,46). The Labute approximate surface area is 289 Å². The molecule has 0 unspecified atom stereocenters. The number of benzene rings is 3. The first-order chi connectivity index (χ1) is 23.7. The van der Waals surface area contributed by atoms with Gasteiger partial charge in [0.1, 0.15) is 28.8 Å². The van der Waals surface area contributed by atoms with Gasteiger partial charge < -0.3 is 25.0 Å². The van der Waals surface area contributed by atoms with Crippen LogP contribution in [0.15, 0.2) is 66.7 Å². The molecule has 0 spiro atoms. The van der Waals surface area contributed by atoms with Crippen LogP contribution < -0.4 is 20.1 Å². The number of amides is 3. The van der Waals surface area contributed by atoms with Gasteiger partial charge in [-0.15, -0.1) is 0 Å². The lowest BCUT2D eigenvalue weighted by Gasteiger charge is -2.56. The van der Waals surface area contributed by atoms with E-state index in [0.717, 1.165) is 56.7 Å². The highest BCUT2D eigenvalue weighted by atomic mass is 19.1. The fourth-order valence-electron chi connectivity index (χ4n) is 9.04. The molecule has 4 bridgehead atoms. The number of urea groups is 1. The number of halogens is 1. The van der Waals surface area contributed by atoms with Crippen molar-refractivity contribution in [3.05, 3.63) is 78.1 Å². The molecule has 8 rings (SSSR count). The summed E-state index contributed by atoms with van der Waals surface area (Å²) in [6, 6.07) is 18.0. The summed E-state index contributed by atoms with van der Waals surface area (Å²) in [6.45, 7) is 8.56. The van der Waals surface area contributed by atoms with Crippen molar-refractivity contribution in [1.82, 2.24) is 15.1 Å². The van der Waals surface area contributed by atoms with Gasteiger partial charge in [0.2, 0.25) is 0 Å². The fourth-order valence-corrected chi connectivity index (χ4v) is 9.04. The van der Waals surface area contributed by atoms with Crippen LogP contribution in [0.5, 0.6) is 23.0 Å². The Hall–Kier alpha value is -4.11. The smallest absolute Gasteiger partial charge is 0.321 e. The average molecular weight is 669 g/mol. The lowest BCUT2D eigenvalue weighted by molar-refractivity contribution is -0.0167. The predicted octanol–water partition coefficient (Wildman–Crippen LogP) is 8.69. The van der Waals surface area contributed by atoms with Crippen molar-refractivity contribution in [2.24, 2.45) is 23.7 Å². The molecule has 3 aromatic rings. The number of anilines is 1. The van der Waals surface area contributed by atoms with Gasteiger partial charge in [-0.2, -0.15) is 0 Å². The Morgan fingerprint density at radius 1 is 0.776 bits per heavy atom. The van der Waals surface area contributed by atoms with E-state index in [-0.39, 0.29) is 23.3 Å². The van der Waals surface area contributed by atoms with Gasteiger partial charge in [-0.3, -0.25) is 9.69 Å². The molecular weight excluding hydrogens is 619 g/mol. The number of carbonyl (C=O) groups is 2. The maximum absolute atomic E-state index is 13.6. The molecule has 3 aromatic carbocycles. The fraction of sp³-hybridized carbons (Fsp3) is 0.500. The molecule has 2 N–H and O–H groups in total. The Morgan fingerprint density at radius 2 is 1.31 bits per heavy atom.